The summed E-state index contributed by atoms with van der Waals surface area (Å²) in [6, 6.07) is 8.26. The van der Waals surface area contributed by atoms with Crippen molar-refractivity contribution >= 4 is 22.7 Å². The Bertz CT molecular complexity index is 821. The van der Waals surface area contributed by atoms with Crippen LogP contribution in [0.25, 0.3) is 11.1 Å². The second-order valence-electron chi connectivity index (χ2n) is 5.04. The van der Waals surface area contributed by atoms with Crippen LogP contribution in [0.4, 0.5) is 5.69 Å². The first-order valence-corrected chi connectivity index (χ1v) is 8.30. The molecule has 0 amide bonds. The van der Waals surface area contributed by atoms with Crippen LogP contribution in [0.2, 0.25) is 0 Å². The molecule has 0 radical (unpaired) electrons. The average molecular weight is 364 g/mol. The summed E-state index contributed by atoms with van der Waals surface area (Å²) in [4.78, 5) is 12.1. The number of anilines is 1. The minimum atomic E-state index is -2.45. The molecule has 2 aromatic carbocycles. The van der Waals surface area contributed by atoms with E-state index in [4.69, 9.17) is 14.2 Å². The molecular formula is C17H18NO6S-. The van der Waals surface area contributed by atoms with Gasteiger partial charge in [-0.15, -0.1) is 0 Å². The second-order valence-corrected chi connectivity index (χ2v) is 5.71. The number of ether oxygens (including phenoxy) is 3. The van der Waals surface area contributed by atoms with E-state index < -0.39 is 11.3 Å². The predicted octanol–water partition coefficient (Wildman–Crippen LogP) is 2.79. The number of benzene rings is 2. The summed E-state index contributed by atoms with van der Waals surface area (Å²) in [5.74, 6) is 0.829. The monoisotopic (exact) mass is 364 g/mol. The van der Waals surface area contributed by atoms with Crippen LogP contribution in [-0.4, -0.2) is 35.9 Å². The molecule has 25 heavy (non-hydrogen) atoms. The number of carbonyl (C=O) groups is 1. The summed E-state index contributed by atoms with van der Waals surface area (Å²) < 4.78 is 40.2. The van der Waals surface area contributed by atoms with Crippen molar-refractivity contribution in [1.29, 1.82) is 0 Å². The molecule has 0 aliphatic carbocycles. The van der Waals surface area contributed by atoms with Gasteiger partial charge in [0.1, 0.15) is 22.8 Å². The van der Waals surface area contributed by atoms with E-state index in [1.807, 2.05) is 0 Å². The van der Waals surface area contributed by atoms with E-state index in [-0.39, 0.29) is 11.3 Å². The summed E-state index contributed by atoms with van der Waals surface area (Å²) in [5, 5.41) is 0. The van der Waals surface area contributed by atoms with Crippen molar-refractivity contribution in [3.63, 3.8) is 0 Å². The fraction of sp³-hybridized carbons (Fsp3) is 0.235. The number of hydrogen-bond donors (Lipinski definition) is 1. The first-order valence-electron chi connectivity index (χ1n) is 7.23. The second kappa shape index (κ2) is 8.00. The van der Waals surface area contributed by atoms with Crippen LogP contribution < -0.4 is 18.9 Å². The summed E-state index contributed by atoms with van der Waals surface area (Å²) in [5.41, 5.74) is 1.80. The molecule has 0 heterocycles. The standard InChI is InChI=1S/C17H19NO6S/c1-10(19)15-13(22-2)9-14(23-3)16(17(15)24-4)11-6-5-7-12(8-11)18-25(20)21/h5-9,18H,1-4H3,(H,20,21)/p-1. The highest BCUT2D eigenvalue weighted by Crippen LogP contribution is 2.46. The molecular weight excluding hydrogens is 346 g/mol. The van der Waals surface area contributed by atoms with Gasteiger partial charge in [-0.1, -0.05) is 12.1 Å². The zero-order valence-electron chi connectivity index (χ0n) is 14.2. The van der Waals surface area contributed by atoms with Crippen molar-refractivity contribution in [2.45, 2.75) is 6.92 Å². The smallest absolute Gasteiger partial charge is 0.167 e. The van der Waals surface area contributed by atoms with E-state index >= 15 is 0 Å². The van der Waals surface area contributed by atoms with Crippen molar-refractivity contribution < 1.29 is 27.8 Å². The van der Waals surface area contributed by atoms with E-state index in [1.165, 1.54) is 28.3 Å². The number of rotatable bonds is 7. The van der Waals surface area contributed by atoms with Crippen molar-refractivity contribution in [3.05, 3.63) is 35.9 Å². The maximum Gasteiger partial charge on any atom is 0.167 e. The zero-order chi connectivity index (χ0) is 18.6. The largest absolute Gasteiger partial charge is 0.755 e. The Balaban J connectivity index is 2.77. The molecule has 8 heteroatoms. The molecule has 0 aromatic heterocycles. The molecule has 1 unspecified atom stereocenters. The Morgan fingerprint density at radius 3 is 2.28 bits per heavy atom. The third-order valence-corrected chi connectivity index (χ3v) is 3.96. The van der Waals surface area contributed by atoms with Crippen molar-refractivity contribution in [3.8, 4) is 28.4 Å². The molecule has 134 valence electrons. The van der Waals surface area contributed by atoms with Gasteiger partial charge >= 0.3 is 0 Å². The Morgan fingerprint density at radius 2 is 1.76 bits per heavy atom. The first kappa shape index (κ1) is 18.8. The maximum absolute atomic E-state index is 12.1. The summed E-state index contributed by atoms with van der Waals surface area (Å²) >= 11 is -2.45. The van der Waals surface area contributed by atoms with Gasteiger partial charge in [-0.2, -0.15) is 0 Å². The van der Waals surface area contributed by atoms with Crippen LogP contribution in [0.5, 0.6) is 17.2 Å². The van der Waals surface area contributed by atoms with Gasteiger partial charge in [0.15, 0.2) is 5.78 Å². The molecule has 7 nitrogen and oxygen atoms in total. The first-order chi connectivity index (χ1) is 11.9. The Morgan fingerprint density at radius 1 is 1.08 bits per heavy atom. The molecule has 1 N–H and O–H groups in total. The molecule has 0 aliphatic rings. The van der Waals surface area contributed by atoms with Crippen LogP contribution in [0.3, 0.4) is 0 Å². The SMILES string of the molecule is COc1cc(OC)c(-c2cccc(NS(=O)[O-])c2)c(OC)c1C(C)=O. The average Bonchev–Trinajstić information content (AvgIpc) is 2.59. The van der Waals surface area contributed by atoms with Crippen LogP contribution in [0.1, 0.15) is 17.3 Å². The van der Waals surface area contributed by atoms with Gasteiger partial charge in [0.25, 0.3) is 0 Å². The van der Waals surface area contributed by atoms with Gasteiger partial charge in [-0.05, 0) is 24.6 Å². The van der Waals surface area contributed by atoms with Crippen LogP contribution in [-0.2, 0) is 11.3 Å². The van der Waals surface area contributed by atoms with Crippen LogP contribution in [0.15, 0.2) is 30.3 Å². The lowest BCUT2D eigenvalue weighted by atomic mass is 9.97. The number of Topliss-reactive ketones (excluding diaryl/α,β-unsaturated/α-hetero) is 1. The number of methoxy groups -OCH3 is 3. The molecule has 2 rings (SSSR count). The fourth-order valence-corrected chi connectivity index (χ4v) is 2.90. The van der Waals surface area contributed by atoms with Crippen LogP contribution >= 0.6 is 0 Å². The highest BCUT2D eigenvalue weighted by Gasteiger charge is 2.24. The molecule has 0 saturated heterocycles. The van der Waals surface area contributed by atoms with Crippen molar-refractivity contribution in [1.82, 2.24) is 0 Å². The van der Waals surface area contributed by atoms with E-state index in [1.54, 1.807) is 30.3 Å². The van der Waals surface area contributed by atoms with Gasteiger partial charge < -0.3 is 23.5 Å². The molecule has 2 aromatic rings. The molecule has 0 aliphatic heterocycles. The Kier molecular flexibility index (Phi) is 6.00. The van der Waals surface area contributed by atoms with Crippen molar-refractivity contribution in [2.24, 2.45) is 0 Å². The molecule has 0 saturated carbocycles. The number of hydrogen-bond acceptors (Lipinski definition) is 6. The number of carbonyl (C=O) groups excluding carboxylic acids is 1. The van der Waals surface area contributed by atoms with Gasteiger partial charge in [-0.25, -0.2) is 0 Å². The summed E-state index contributed by atoms with van der Waals surface area (Å²) in [6.07, 6.45) is 0. The lowest BCUT2D eigenvalue weighted by molar-refractivity contribution is 0.101. The molecule has 0 fully saturated rings. The van der Waals surface area contributed by atoms with Gasteiger partial charge in [0.2, 0.25) is 0 Å². The van der Waals surface area contributed by atoms with Gasteiger partial charge in [0.05, 0.1) is 26.9 Å². The Hall–Kier alpha value is -2.58. The lowest BCUT2D eigenvalue weighted by Gasteiger charge is -2.19. The minimum absolute atomic E-state index is 0.229. The third kappa shape index (κ3) is 3.92. The van der Waals surface area contributed by atoms with E-state index in [9.17, 15) is 13.6 Å². The molecule has 0 spiro atoms. The molecule has 1 atom stereocenters. The highest BCUT2D eigenvalue weighted by atomic mass is 32.2. The number of nitrogens with one attached hydrogen (secondary N) is 1. The van der Waals surface area contributed by atoms with E-state index in [0.29, 0.717) is 34.1 Å². The number of ketones is 1. The Labute approximate surface area is 148 Å². The minimum Gasteiger partial charge on any atom is -0.755 e. The predicted molar refractivity (Wildman–Crippen MR) is 94.1 cm³/mol. The normalized spacial score (nSPS) is 11.6. The zero-order valence-corrected chi connectivity index (χ0v) is 15.1. The molecule has 0 bridgehead atoms. The highest BCUT2D eigenvalue weighted by molar-refractivity contribution is 7.80. The quantitative estimate of drug-likeness (QED) is 0.599. The third-order valence-electron chi connectivity index (χ3n) is 3.56. The summed E-state index contributed by atoms with van der Waals surface area (Å²) in [7, 11) is 4.38. The van der Waals surface area contributed by atoms with Crippen molar-refractivity contribution in [2.75, 3.05) is 26.1 Å². The van der Waals surface area contributed by atoms with Crippen LogP contribution in [0, 0.1) is 0 Å². The topological polar surface area (TPSA) is 96.9 Å². The van der Waals surface area contributed by atoms with E-state index in [2.05, 4.69) is 4.72 Å². The lowest BCUT2D eigenvalue weighted by Crippen LogP contribution is -2.05. The van der Waals surface area contributed by atoms with Gasteiger partial charge in [0, 0.05) is 23.0 Å². The fourth-order valence-electron chi connectivity index (χ4n) is 2.58. The van der Waals surface area contributed by atoms with Gasteiger partial charge in [-0.3, -0.25) is 9.00 Å². The summed E-state index contributed by atoms with van der Waals surface area (Å²) in [6.45, 7) is 1.41. The maximum atomic E-state index is 12.1. The van der Waals surface area contributed by atoms with E-state index in [0.717, 1.165) is 0 Å².